The Labute approximate surface area is 255 Å². The van der Waals surface area contributed by atoms with E-state index in [2.05, 4.69) is 48.7 Å². The van der Waals surface area contributed by atoms with Crippen LogP contribution in [-0.2, 0) is 16.1 Å². The van der Waals surface area contributed by atoms with Gasteiger partial charge in [0.1, 0.15) is 17.5 Å². The number of benzene rings is 1. The first kappa shape index (κ1) is 28.9. The molecule has 2 aliphatic heterocycles. The number of aliphatic hydroxyl groups excluding tert-OH is 1. The van der Waals surface area contributed by atoms with Gasteiger partial charge < -0.3 is 25.3 Å². The van der Waals surface area contributed by atoms with Gasteiger partial charge in [-0.05, 0) is 93.2 Å². The molecule has 4 aliphatic carbocycles. The number of fused-ring (bicyclic) bond motifs is 4. The van der Waals surface area contributed by atoms with Crippen LogP contribution in [0.1, 0.15) is 94.6 Å². The molecule has 0 radical (unpaired) electrons. The molecule has 8 nitrogen and oxygen atoms in total. The van der Waals surface area contributed by atoms with Crippen molar-refractivity contribution in [3.05, 3.63) is 40.5 Å². The number of amides is 2. The average molecular weight is 590 g/mol. The van der Waals surface area contributed by atoms with E-state index in [-0.39, 0.29) is 65.6 Å². The van der Waals surface area contributed by atoms with Crippen molar-refractivity contribution in [2.75, 3.05) is 13.2 Å². The molecule has 6 aliphatic rings. The van der Waals surface area contributed by atoms with E-state index in [1.807, 2.05) is 19.9 Å². The molecule has 7 atom stereocenters. The van der Waals surface area contributed by atoms with E-state index in [0.29, 0.717) is 30.2 Å². The minimum Gasteiger partial charge on any atom is -0.486 e. The number of oxime groups is 1. The molecule has 1 aromatic rings. The first-order chi connectivity index (χ1) is 20.4. The zero-order valence-electron chi connectivity index (χ0n) is 26.2. The number of nitrogens with zero attached hydrogens (tertiary/aromatic N) is 1. The van der Waals surface area contributed by atoms with E-state index in [9.17, 15) is 14.7 Å². The van der Waals surface area contributed by atoms with Gasteiger partial charge in [-0.1, -0.05) is 37.6 Å². The SMILES string of the molecule is CC(C)(C)CNC(=O)[C@@H]1[C@H](NC(=O)c2cc(C3=NOC4CC(CO)CC34)cc3c2OC(C)(C)C3)[C@@H]2CC[C@H]1/C2=C/C1CC1. The molecule has 8 heteroatoms. The quantitative estimate of drug-likeness (QED) is 0.397. The van der Waals surface area contributed by atoms with Gasteiger partial charge in [-0.25, -0.2) is 0 Å². The zero-order chi connectivity index (χ0) is 30.3. The summed E-state index contributed by atoms with van der Waals surface area (Å²) in [4.78, 5) is 33.9. The average Bonchev–Trinajstić information content (AvgIpc) is 3.22. The molecule has 43 heavy (non-hydrogen) atoms. The molecule has 4 fully saturated rings. The molecule has 7 rings (SSSR count). The Morgan fingerprint density at radius 3 is 2.58 bits per heavy atom. The van der Waals surface area contributed by atoms with Crippen molar-refractivity contribution < 1.29 is 24.3 Å². The molecule has 0 aromatic heterocycles. The summed E-state index contributed by atoms with van der Waals surface area (Å²) in [7, 11) is 0. The van der Waals surface area contributed by atoms with Crippen LogP contribution in [0.5, 0.6) is 5.75 Å². The number of hydrogen-bond acceptors (Lipinski definition) is 6. The third kappa shape index (κ3) is 5.38. The first-order valence-corrected chi connectivity index (χ1v) is 16.4. The van der Waals surface area contributed by atoms with Gasteiger partial charge in [0, 0.05) is 43.0 Å². The fraction of sp³-hybridized carbons (Fsp3) is 0.686. The Bertz CT molecular complexity index is 1390. The molecule has 2 amide bonds. The second kappa shape index (κ2) is 10.4. The Morgan fingerprint density at radius 1 is 1.09 bits per heavy atom. The van der Waals surface area contributed by atoms with Gasteiger partial charge in [0.2, 0.25) is 5.91 Å². The van der Waals surface area contributed by atoms with Gasteiger partial charge in [0.25, 0.3) is 5.91 Å². The van der Waals surface area contributed by atoms with Crippen molar-refractivity contribution in [3.8, 4) is 5.75 Å². The molecule has 0 saturated heterocycles. The van der Waals surface area contributed by atoms with Crippen LogP contribution in [0, 0.1) is 40.9 Å². The van der Waals surface area contributed by atoms with Crippen molar-refractivity contribution in [1.82, 2.24) is 10.6 Å². The lowest BCUT2D eigenvalue weighted by atomic mass is 9.83. The minimum atomic E-state index is -0.427. The number of carbonyl (C=O) groups is 2. The summed E-state index contributed by atoms with van der Waals surface area (Å²) in [5.41, 5.74) is 4.19. The summed E-state index contributed by atoms with van der Waals surface area (Å²) in [5, 5.41) is 20.9. The highest BCUT2D eigenvalue weighted by Gasteiger charge is 2.55. The van der Waals surface area contributed by atoms with E-state index in [0.717, 1.165) is 42.5 Å². The van der Waals surface area contributed by atoms with Crippen molar-refractivity contribution in [3.63, 3.8) is 0 Å². The Balaban J connectivity index is 1.20. The number of ether oxygens (including phenoxy) is 1. The number of rotatable bonds is 7. The fourth-order valence-electron chi connectivity index (χ4n) is 8.40. The predicted octanol–water partition coefficient (Wildman–Crippen LogP) is 4.77. The van der Waals surface area contributed by atoms with Gasteiger partial charge >= 0.3 is 0 Å². The number of allylic oxidation sites excluding steroid dienone is 1. The highest BCUT2D eigenvalue weighted by atomic mass is 16.6. The number of nitrogens with one attached hydrogen (secondary N) is 2. The molecular weight excluding hydrogens is 542 g/mol. The minimum absolute atomic E-state index is 0.0218. The van der Waals surface area contributed by atoms with Gasteiger partial charge in [-0.2, -0.15) is 0 Å². The smallest absolute Gasteiger partial charge is 0.255 e. The summed E-state index contributed by atoms with van der Waals surface area (Å²) >= 11 is 0. The van der Waals surface area contributed by atoms with Crippen LogP contribution in [0.15, 0.2) is 28.9 Å². The summed E-state index contributed by atoms with van der Waals surface area (Å²) in [5.74, 6) is 1.54. The van der Waals surface area contributed by atoms with Crippen LogP contribution in [-0.4, -0.2) is 53.5 Å². The third-order valence-corrected chi connectivity index (χ3v) is 10.5. The van der Waals surface area contributed by atoms with Crippen LogP contribution in [0.25, 0.3) is 0 Å². The largest absolute Gasteiger partial charge is 0.486 e. The highest BCUT2D eigenvalue weighted by molar-refractivity contribution is 6.07. The van der Waals surface area contributed by atoms with E-state index < -0.39 is 5.60 Å². The Morgan fingerprint density at radius 2 is 1.86 bits per heavy atom. The van der Waals surface area contributed by atoms with Gasteiger partial charge in [0.05, 0.1) is 17.2 Å². The third-order valence-electron chi connectivity index (χ3n) is 10.5. The zero-order valence-corrected chi connectivity index (χ0v) is 26.2. The van der Waals surface area contributed by atoms with Crippen LogP contribution in [0.3, 0.4) is 0 Å². The molecule has 0 spiro atoms. The molecular formula is C35H47N3O5. The summed E-state index contributed by atoms with van der Waals surface area (Å²) in [6.07, 6.45) is 9.17. The normalized spacial score (nSPS) is 34.4. The lowest BCUT2D eigenvalue weighted by molar-refractivity contribution is -0.127. The maximum atomic E-state index is 14.3. The summed E-state index contributed by atoms with van der Waals surface area (Å²) in [6, 6.07) is 3.77. The fourth-order valence-corrected chi connectivity index (χ4v) is 8.40. The van der Waals surface area contributed by atoms with Crippen molar-refractivity contribution in [2.24, 2.45) is 46.1 Å². The predicted molar refractivity (Wildman–Crippen MR) is 164 cm³/mol. The topological polar surface area (TPSA) is 109 Å². The van der Waals surface area contributed by atoms with Gasteiger partial charge in [-0.3, -0.25) is 9.59 Å². The van der Waals surface area contributed by atoms with Crippen LogP contribution in [0.4, 0.5) is 0 Å². The number of carbonyl (C=O) groups excluding carboxylic acids is 2. The molecule has 4 saturated carbocycles. The van der Waals surface area contributed by atoms with Gasteiger partial charge in [-0.15, -0.1) is 0 Å². The Kier molecular flexibility index (Phi) is 6.95. The van der Waals surface area contributed by atoms with Crippen LogP contribution in [0.2, 0.25) is 0 Å². The first-order valence-electron chi connectivity index (χ1n) is 16.4. The second-order valence-corrected chi connectivity index (χ2v) is 15.9. The van der Waals surface area contributed by atoms with Crippen molar-refractivity contribution in [2.45, 2.75) is 97.3 Å². The van der Waals surface area contributed by atoms with E-state index in [4.69, 9.17) is 9.57 Å². The highest BCUT2D eigenvalue weighted by Crippen LogP contribution is 2.54. The molecule has 2 bridgehead atoms. The monoisotopic (exact) mass is 589 g/mol. The number of hydrogen-bond donors (Lipinski definition) is 3. The Hall–Kier alpha value is -2.87. The molecule has 1 aromatic carbocycles. The molecule has 232 valence electrons. The summed E-state index contributed by atoms with van der Waals surface area (Å²) in [6.45, 7) is 11.2. The van der Waals surface area contributed by atoms with E-state index >= 15 is 0 Å². The number of aliphatic hydroxyl groups is 1. The van der Waals surface area contributed by atoms with E-state index in [1.165, 1.54) is 18.4 Å². The van der Waals surface area contributed by atoms with Crippen LogP contribution < -0.4 is 15.4 Å². The maximum Gasteiger partial charge on any atom is 0.255 e. The summed E-state index contributed by atoms with van der Waals surface area (Å²) < 4.78 is 6.39. The van der Waals surface area contributed by atoms with E-state index in [1.54, 1.807) is 0 Å². The standard InChI is InChI=1S/C35H47N3O5/c1-34(2,3)17-36-33(41)28-22-8-9-23(24(22)10-18-6-7-18)30(28)37-32(40)26-14-20(13-21-15-35(4,5)42-31(21)26)29-25-11-19(16-39)12-27(25)43-38-29/h10,13-14,18-19,22-23,25,27-28,30,39H,6-9,11-12,15-17H2,1-5H3,(H,36,41)(H,37,40)/b24-10-/t19?,22-,23+,25?,27?,28-,30+/m0/s1. The van der Waals surface area contributed by atoms with Crippen LogP contribution >= 0.6 is 0 Å². The molecule has 3 N–H and O–H groups in total. The second-order valence-electron chi connectivity index (χ2n) is 15.9. The van der Waals surface area contributed by atoms with Crippen molar-refractivity contribution in [1.29, 1.82) is 0 Å². The van der Waals surface area contributed by atoms with Crippen molar-refractivity contribution >= 4 is 17.5 Å². The maximum absolute atomic E-state index is 14.3. The van der Waals surface area contributed by atoms with Gasteiger partial charge in [0.15, 0.2) is 0 Å². The lowest BCUT2D eigenvalue weighted by Crippen LogP contribution is -2.50. The molecule has 3 unspecified atom stereocenters. The lowest BCUT2D eigenvalue weighted by Gasteiger charge is -2.31. The molecule has 2 heterocycles.